The van der Waals surface area contributed by atoms with Gasteiger partial charge in [0.2, 0.25) is 0 Å². The number of rotatable bonds is 4. The van der Waals surface area contributed by atoms with Gasteiger partial charge in [-0.3, -0.25) is 4.79 Å². The first kappa shape index (κ1) is 22.3. The molecule has 4 rings (SSSR count). The maximum absolute atomic E-state index is 12.9. The van der Waals surface area contributed by atoms with E-state index in [0.29, 0.717) is 70.1 Å². The molecule has 1 saturated heterocycles. The van der Waals surface area contributed by atoms with Crippen LogP contribution in [0.5, 0.6) is 0 Å². The molecule has 0 saturated carbocycles. The summed E-state index contributed by atoms with van der Waals surface area (Å²) < 4.78 is 10.3. The van der Waals surface area contributed by atoms with Crippen LogP contribution in [0.1, 0.15) is 39.2 Å². The first-order valence-corrected chi connectivity index (χ1v) is 10.9. The van der Waals surface area contributed by atoms with Gasteiger partial charge in [-0.2, -0.15) is 0 Å². The Morgan fingerprint density at radius 3 is 2.25 bits per heavy atom. The summed E-state index contributed by atoms with van der Waals surface area (Å²) in [6.07, 6.45) is 0. The van der Waals surface area contributed by atoms with Crippen molar-refractivity contribution in [1.29, 1.82) is 0 Å². The summed E-state index contributed by atoms with van der Waals surface area (Å²) >= 11 is 12.2. The van der Waals surface area contributed by atoms with Crippen molar-refractivity contribution in [1.82, 2.24) is 20.0 Å². The van der Waals surface area contributed by atoms with Crippen molar-refractivity contribution < 1.29 is 18.8 Å². The molecule has 0 N–H and O–H groups in total. The highest BCUT2D eigenvalue weighted by Gasteiger charge is 2.30. The van der Waals surface area contributed by atoms with Crippen molar-refractivity contribution in [3.63, 3.8) is 0 Å². The number of benzene rings is 1. The van der Waals surface area contributed by atoms with Crippen molar-refractivity contribution >= 4 is 51.9 Å². The second kappa shape index (κ2) is 8.91. The number of halogens is 2. The van der Waals surface area contributed by atoms with Crippen molar-refractivity contribution in [2.45, 2.75) is 20.8 Å². The van der Waals surface area contributed by atoms with Crippen molar-refractivity contribution in [3.8, 4) is 0 Å². The maximum Gasteiger partial charge on any atom is 0.360 e. The highest BCUT2D eigenvalue weighted by molar-refractivity contribution is 6.42. The molecule has 3 heterocycles. The molecule has 11 heteroatoms. The van der Waals surface area contributed by atoms with E-state index < -0.39 is 5.97 Å². The van der Waals surface area contributed by atoms with Crippen molar-refractivity contribution in [2.75, 3.05) is 37.7 Å². The molecule has 1 aliphatic rings. The Kier molecular flexibility index (Phi) is 6.21. The van der Waals surface area contributed by atoms with Gasteiger partial charge in [0.15, 0.2) is 11.5 Å². The Morgan fingerprint density at radius 1 is 1.06 bits per heavy atom. The topological polar surface area (TPSA) is 102 Å². The number of amides is 1. The smallest absolute Gasteiger partial charge is 0.360 e. The zero-order valence-corrected chi connectivity index (χ0v) is 19.3. The average molecular weight is 478 g/mol. The van der Waals surface area contributed by atoms with E-state index in [1.807, 2.05) is 4.90 Å². The highest BCUT2D eigenvalue weighted by Crippen LogP contribution is 2.29. The molecule has 2 aromatic heterocycles. The number of aromatic nitrogens is 3. The molecule has 0 aliphatic carbocycles. The van der Waals surface area contributed by atoms with Gasteiger partial charge in [-0.1, -0.05) is 28.4 Å². The van der Waals surface area contributed by atoms with E-state index in [0.717, 1.165) is 0 Å². The van der Waals surface area contributed by atoms with Gasteiger partial charge in [0.1, 0.15) is 11.3 Å². The summed E-state index contributed by atoms with van der Waals surface area (Å²) in [5, 5.41) is 4.53. The summed E-state index contributed by atoms with van der Waals surface area (Å²) in [5.41, 5.74) is 2.11. The minimum atomic E-state index is -0.572. The zero-order chi connectivity index (χ0) is 23.0. The molecule has 0 bridgehead atoms. The summed E-state index contributed by atoms with van der Waals surface area (Å²) in [7, 11) is 0. The Balaban J connectivity index is 1.63. The predicted octanol–water partition coefficient (Wildman–Crippen LogP) is 3.68. The summed E-state index contributed by atoms with van der Waals surface area (Å²) in [5.74, 6) is 0.184. The molecule has 1 fully saturated rings. The van der Waals surface area contributed by atoms with Gasteiger partial charge in [-0.25, -0.2) is 14.8 Å². The van der Waals surface area contributed by atoms with Gasteiger partial charge in [-0.05, 0) is 32.9 Å². The number of ether oxygens (including phenoxy) is 1. The summed E-state index contributed by atoms with van der Waals surface area (Å²) in [6, 6.07) is 3.18. The Hall–Kier alpha value is -2.91. The van der Waals surface area contributed by atoms with E-state index in [-0.39, 0.29) is 18.2 Å². The fourth-order valence-electron chi connectivity index (χ4n) is 3.67. The molecule has 168 valence electrons. The third-order valence-corrected chi connectivity index (χ3v) is 5.99. The minimum Gasteiger partial charge on any atom is -0.461 e. The Morgan fingerprint density at radius 2 is 1.69 bits per heavy atom. The van der Waals surface area contributed by atoms with Gasteiger partial charge in [0, 0.05) is 26.2 Å². The second-order valence-corrected chi connectivity index (χ2v) is 8.16. The van der Waals surface area contributed by atoms with Crippen LogP contribution in [0.3, 0.4) is 0 Å². The van der Waals surface area contributed by atoms with E-state index >= 15 is 0 Å². The lowest BCUT2D eigenvalue weighted by Gasteiger charge is -2.35. The van der Waals surface area contributed by atoms with Crippen LogP contribution < -0.4 is 4.90 Å². The number of anilines is 1. The number of esters is 1. The lowest BCUT2D eigenvalue weighted by molar-refractivity contribution is 0.0519. The Labute approximate surface area is 194 Å². The molecule has 0 spiro atoms. The van der Waals surface area contributed by atoms with Crippen molar-refractivity contribution in [2.24, 2.45) is 0 Å². The van der Waals surface area contributed by atoms with Crippen molar-refractivity contribution in [3.05, 3.63) is 44.9 Å². The van der Waals surface area contributed by atoms with Crippen LogP contribution in [-0.4, -0.2) is 64.7 Å². The number of fused-ring (bicyclic) bond motifs is 1. The molecule has 32 heavy (non-hydrogen) atoms. The molecule has 0 atom stereocenters. The lowest BCUT2D eigenvalue weighted by atomic mass is 10.1. The predicted molar refractivity (Wildman–Crippen MR) is 120 cm³/mol. The van der Waals surface area contributed by atoms with Crippen LogP contribution in [0.25, 0.3) is 11.0 Å². The van der Waals surface area contributed by atoms with Gasteiger partial charge >= 0.3 is 5.97 Å². The van der Waals surface area contributed by atoms with E-state index in [1.54, 1.807) is 37.8 Å². The molecule has 0 unspecified atom stereocenters. The number of carbonyl (C=O) groups excluding carboxylic acids is 2. The first-order valence-electron chi connectivity index (χ1n) is 10.1. The quantitative estimate of drug-likeness (QED) is 0.524. The fourth-order valence-corrected chi connectivity index (χ4v) is 3.98. The molecule has 3 aromatic rings. The van der Waals surface area contributed by atoms with Gasteiger partial charge in [0.25, 0.3) is 5.91 Å². The number of piperazine rings is 1. The standard InChI is InChI=1S/C21H21Cl2N5O4/c1-4-31-21(30)18-19(25-16-10-14(23)13(22)9-15(16)24-18)27-5-7-28(8-6-27)20(29)17-11(2)26-32-12(17)3/h9-10H,4-8H2,1-3H3. The number of hydrogen-bond acceptors (Lipinski definition) is 8. The largest absolute Gasteiger partial charge is 0.461 e. The number of carbonyl (C=O) groups is 2. The highest BCUT2D eigenvalue weighted by atomic mass is 35.5. The number of aryl methyl sites for hydroxylation is 2. The normalized spacial score (nSPS) is 14.2. The van der Waals surface area contributed by atoms with Gasteiger partial charge in [-0.15, -0.1) is 0 Å². The van der Waals surface area contributed by atoms with Crippen LogP contribution in [0.4, 0.5) is 5.82 Å². The number of nitrogens with zero attached hydrogens (tertiary/aromatic N) is 5. The van der Waals surface area contributed by atoms with E-state index in [9.17, 15) is 9.59 Å². The zero-order valence-electron chi connectivity index (χ0n) is 17.8. The second-order valence-electron chi connectivity index (χ2n) is 7.35. The fraction of sp³-hybridized carbons (Fsp3) is 0.381. The Bertz CT molecular complexity index is 1190. The van der Waals surface area contributed by atoms with Crippen LogP contribution in [-0.2, 0) is 4.74 Å². The monoisotopic (exact) mass is 477 g/mol. The first-order chi connectivity index (χ1) is 15.3. The summed E-state index contributed by atoms with van der Waals surface area (Å²) in [4.78, 5) is 38.3. The summed E-state index contributed by atoms with van der Waals surface area (Å²) in [6.45, 7) is 7.19. The van der Waals surface area contributed by atoms with E-state index in [2.05, 4.69) is 15.1 Å². The molecule has 1 aliphatic heterocycles. The third kappa shape index (κ3) is 4.10. The third-order valence-electron chi connectivity index (χ3n) is 5.27. The molecule has 1 aromatic carbocycles. The van der Waals surface area contributed by atoms with E-state index in [4.69, 9.17) is 32.5 Å². The molecule has 0 radical (unpaired) electrons. The van der Waals surface area contributed by atoms with Gasteiger partial charge < -0.3 is 19.1 Å². The SMILES string of the molecule is CCOC(=O)c1nc2cc(Cl)c(Cl)cc2nc1N1CCN(C(=O)c2c(C)noc2C)CC1. The number of hydrogen-bond donors (Lipinski definition) is 0. The average Bonchev–Trinajstić information content (AvgIpc) is 3.11. The molecular weight excluding hydrogens is 457 g/mol. The van der Waals surface area contributed by atoms with Crippen LogP contribution in [0.15, 0.2) is 16.7 Å². The van der Waals surface area contributed by atoms with E-state index in [1.165, 1.54) is 0 Å². The van der Waals surface area contributed by atoms with Crippen LogP contribution in [0, 0.1) is 13.8 Å². The lowest BCUT2D eigenvalue weighted by Crippen LogP contribution is -2.49. The van der Waals surface area contributed by atoms with Gasteiger partial charge in [0.05, 0.1) is 33.4 Å². The molecule has 9 nitrogen and oxygen atoms in total. The molecule has 1 amide bonds. The molecular formula is C21H21Cl2N5O4. The van der Waals surface area contributed by atoms with Crippen LogP contribution >= 0.6 is 23.2 Å². The minimum absolute atomic E-state index is 0.100. The van der Waals surface area contributed by atoms with Crippen LogP contribution in [0.2, 0.25) is 10.0 Å². The maximum atomic E-state index is 12.9.